The van der Waals surface area contributed by atoms with Gasteiger partial charge in [0.1, 0.15) is 6.54 Å². The number of aromatic nitrogens is 2. The average Bonchev–Trinajstić information content (AvgIpc) is 2.98. The zero-order valence-electron chi connectivity index (χ0n) is 15.9. The van der Waals surface area contributed by atoms with Gasteiger partial charge in [0.2, 0.25) is 5.91 Å². The monoisotopic (exact) mass is 381 g/mol. The van der Waals surface area contributed by atoms with E-state index in [1.54, 1.807) is 17.7 Å². The third kappa shape index (κ3) is 3.97. The second kappa shape index (κ2) is 7.91. The molecule has 142 valence electrons. The van der Waals surface area contributed by atoms with E-state index in [9.17, 15) is 9.59 Å². The van der Waals surface area contributed by atoms with E-state index in [1.165, 1.54) is 4.57 Å². The summed E-state index contributed by atoms with van der Waals surface area (Å²) in [6, 6.07) is 24.5. The van der Waals surface area contributed by atoms with Crippen molar-refractivity contribution in [2.24, 2.45) is 7.05 Å². The highest BCUT2D eigenvalue weighted by molar-refractivity contribution is 5.91. The predicted octanol–water partition coefficient (Wildman–Crippen LogP) is 3.38. The normalized spacial score (nSPS) is 10.4. The van der Waals surface area contributed by atoms with Crippen molar-refractivity contribution in [1.29, 1.82) is 0 Å². The summed E-state index contributed by atoms with van der Waals surface area (Å²) in [7, 11) is 1.70. The van der Waals surface area contributed by atoms with Crippen molar-refractivity contribution in [3.8, 4) is 11.8 Å². The van der Waals surface area contributed by atoms with Gasteiger partial charge < -0.3 is 5.32 Å². The van der Waals surface area contributed by atoms with E-state index in [0.717, 1.165) is 22.2 Å². The van der Waals surface area contributed by atoms with Gasteiger partial charge in [0.15, 0.2) is 0 Å². The Labute approximate surface area is 168 Å². The second-order valence-electron chi connectivity index (χ2n) is 6.66. The maximum atomic E-state index is 12.6. The van der Waals surface area contributed by atoms with Crippen LogP contribution in [-0.4, -0.2) is 15.0 Å². The summed E-state index contributed by atoms with van der Waals surface area (Å²) in [5.41, 5.74) is 3.68. The lowest BCUT2D eigenvalue weighted by molar-refractivity contribution is -0.116. The highest BCUT2D eigenvalue weighted by Crippen LogP contribution is 2.13. The molecule has 0 aliphatic heterocycles. The molecule has 0 atom stereocenters. The number of benzene rings is 3. The minimum absolute atomic E-state index is 0.0554. The quantitative estimate of drug-likeness (QED) is 0.553. The summed E-state index contributed by atoms with van der Waals surface area (Å²) < 4.78 is 3.02. The predicted molar refractivity (Wildman–Crippen MR) is 115 cm³/mol. The number of imidazole rings is 1. The molecular formula is C24H19N3O2. The van der Waals surface area contributed by atoms with Gasteiger partial charge in [-0.25, -0.2) is 4.79 Å². The number of nitrogens with zero attached hydrogens (tertiary/aromatic N) is 2. The van der Waals surface area contributed by atoms with Crippen molar-refractivity contribution in [2.45, 2.75) is 6.54 Å². The van der Waals surface area contributed by atoms with Gasteiger partial charge in [0.25, 0.3) is 0 Å². The number of amides is 1. The lowest BCUT2D eigenvalue weighted by atomic mass is 10.1. The molecule has 0 saturated heterocycles. The lowest BCUT2D eigenvalue weighted by Crippen LogP contribution is -2.28. The molecule has 0 aliphatic carbocycles. The van der Waals surface area contributed by atoms with Crippen molar-refractivity contribution >= 4 is 22.6 Å². The van der Waals surface area contributed by atoms with Gasteiger partial charge >= 0.3 is 5.69 Å². The fourth-order valence-electron chi connectivity index (χ4n) is 3.20. The molecule has 1 amide bonds. The van der Waals surface area contributed by atoms with Crippen molar-refractivity contribution in [3.05, 3.63) is 100 Å². The Morgan fingerprint density at radius 3 is 2.31 bits per heavy atom. The number of hydrogen-bond donors (Lipinski definition) is 1. The Morgan fingerprint density at radius 1 is 0.862 bits per heavy atom. The van der Waals surface area contributed by atoms with Gasteiger partial charge in [0, 0.05) is 23.9 Å². The van der Waals surface area contributed by atoms with Crippen LogP contribution in [0.3, 0.4) is 0 Å². The van der Waals surface area contributed by atoms with E-state index >= 15 is 0 Å². The minimum Gasteiger partial charge on any atom is -0.324 e. The maximum Gasteiger partial charge on any atom is 0.329 e. The smallest absolute Gasteiger partial charge is 0.324 e. The molecule has 0 unspecified atom stereocenters. The molecule has 0 bridgehead atoms. The van der Waals surface area contributed by atoms with Crippen LogP contribution in [0.25, 0.3) is 11.0 Å². The standard InChI is InChI=1S/C24H19N3O2/c1-26-21-12-5-6-13-22(21)27(24(26)29)17-23(28)25-20-11-7-10-19(16-20)15-14-18-8-3-2-4-9-18/h2-13,16H,17H2,1H3,(H,25,28). The molecular weight excluding hydrogens is 362 g/mol. The summed E-state index contributed by atoms with van der Waals surface area (Å²) in [6.45, 7) is -0.0554. The molecule has 0 aliphatic rings. The Hall–Kier alpha value is -4.04. The number of carbonyl (C=O) groups excluding carboxylic acids is 1. The van der Waals surface area contributed by atoms with Crippen LogP contribution in [0.5, 0.6) is 0 Å². The van der Waals surface area contributed by atoms with Crippen molar-refractivity contribution in [1.82, 2.24) is 9.13 Å². The summed E-state index contributed by atoms with van der Waals surface area (Å²) in [6.07, 6.45) is 0. The average molecular weight is 381 g/mol. The minimum atomic E-state index is -0.267. The highest BCUT2D eigenvalue weighted by atomic mass is 16.2. The first-order chi connectivity index (χ1) is 14.1. The molecule has 1 heterocycles. The number of hydrogen-bond acceptors (Lipinski definition) is 2. The van der Waals surface area contributed by atoms with Gasteiger partial charge in [-0.2, -0.15) is 0 Å². The molecule has 0 saturated carbocycles. The maximum absolute atomic E-state index is 12.6. The molecule has 4 rings (SSSR count). The van der Waals surface area contributed by atoms with E-state index in [1.807, 2.05) is 72.8 Å². The van der Waals surface area contributed by atoms with Crippen molar-refractivity contribution < 1.29 is 4.79 Å². The largest absolute Gasteiger partial charge is 0.329 e. The summed E-state index contributed by atoms with van der Waals surface area (Å²) in [5, 5.41) is 2.85. The zero-order chi connectivity index (χ0) is 20.2. The summed E-state index contributed by atoms with van der Waals surface area (Å²) in [5.74, 6) is 5.93. The first-order valence-corrected chi connectivity index (χ1v) is 9.23. The third-order valence-electron chi connectivity index (χ3n) is 4.62. The molecule has 0 spiro atoms. The first kappa shape index (κ1) is 18.3. The topological polar surface area (TPSA) is 56.0 Å². The number of nitrogens with one attached hydrogen (secondary N) is 1. The highest BCUT2D eigenvalue weighted by Gasteiger charge is 2.13. The van der Waals surface area contributed by atoms with Crippen LogP contribution in [-0.2, 0) is 18.4 Å². The number of rotatable bonds is 3. The molecule has 29 heavy (non-hydrogen) atoms. The molecule has 3 aromatic carbocycles. The second-order valence-corrected chi connectivity index (χ2v) is 6.66. The summed E-state index contributed by atoms with van der Waals surface area (Å²) >= 11 is 0. The van der Waals surface area contributed by atoms with Gasteiger partial charge in [-0.3, -0.25) is 13.9 Å². The fourth-order valence-corrected chi connectivity index (χ4v) is 3.20. The SMILES string of the molecule is Cn1c(=O)n(CC(=O)Nc2cccc(C#Cc3ccccc3)c2)c2ccccc21. The van der Waals surface area contributed by atoms with Crippen LogP contribution in [0.15, 0.2) is 83.7 Å². The molecule has 4 aromatic rings. The number of aryl methyl sites for hydroxylation is 1. The van der Waals surface area contributed by atoms with Crippen LogP contribution in [0.4, 0.5) is 5.69 Å². The molecule has 1 aromatic heterocycles. The van der Waals surface area contributed by atoms with E-state index in [4.69, 9.17) is 0 Å². The molecule has 5 heteroatoms. The van der Waals surface area contributed by atoms with Crippen LogP contribution in [0, 0.1) is 11.8 Å². The Morgan fingerprint density at radius 2 is 1.52 bits per heavy atom. The lowest BCUT2D eigenvalue weighted by Gasteiger charge is -2.06. The van der Waals surface area contributed by atoms with Gasteiger partial charge in [-0.05, 0) is 42.5 Å². The van der Waals surface area contributed by atoms with Gasteiger partial charge in [-0.1, -0.05) is 48.2 Å². The molecule has 0 radical (unpaired) electrons. The number of carbonyl (C=O) groups is 1. The first-order valence-electron chi connectivity index (χ1n) is 9.23. The van der Waals surface area contributed by atoms with Crippen LogP contribution in [0.1, 0.15) is 11.1 Å². The number of fused-ring (bicyclic) bond motifs is 1. The Kier molecular flexibility index (Phi) is 5.00. The van der Waals surface area contributed by atoms with Gasteiger partial charge in [0.05, 0.1) is 11.0 Å². The zero-order valence-corrected chi connectivity index (χ0v) is 15.9. The van der Waals surface area contributed by atoms with Gasteiger partial charge in [-0.15, -0.1) is 0 Å². The molecule has 1 N–H and O–H groups in total. The Bertz CT molecular complexity index is 1300. The van der Waals surface area contributed by atoms with Crippen LogP contribution < -0.4 is 11.0 Å². The van der Waals surface area contributed by atoms with E-state index in [2.05, 4.69) is 17.2 Å². The molecule has 0 fully saturated rings. The van der Waals surface area contributed by atoms with E-state index in [-0.39, 0.29) is 18.1 Å². The van der Waals surface area contributed by atoms with E-state index in [0.29, 0.717) is 5.69 Å². The molecule has 5 nitrogen and oxygen atoms in total. The number of anilines is 1. The van der Waals surface area contributed by atoms with Crippen molar-refractivity contribution in [3.63, 3.8) is 0 Å². The number of para-hydroxylation sites is 2. The van der Waals surface area contributed by atoms with E-state index < -0.39 is 0 Å². The van der Waals surface area contributed by atoms with Crippen LogP contribution >= 0.6 is 0 Å². The van der Waals surface area contributed by atoms with Crippen molar-refractivity contribution in [2.75, 3.05) is 5.32 Å². The fraction of sp³-hybridized carbons (Fsp3) is 0.0833. The third-order valence-corrected chi connectivity index (χ3v) is 4.62. The Balaban J connectivity index is 1.52. The summed E-state index contributed by atoms with van der Waals surface area (Å²) in [4.78, 5) is 25.0. The van der Waals surface area contributed by atoms with Crippen LogP contribution in [0.2, 0.25) is 0 Å².